The van der Waals surface area contributed by atoms with Crippen molar-refractivity contribution in [2.75, 3.05) is 11.9 Å². The third-order valence-corrected chi connectivity index (χ3v) is 6.32. The van der Waals surface area contributed by atoms with E-state index < -0.39 is 27.4 Å². The second-order valence-electron chi connectivity index (χ2n) is 8.00. The average Bonchev–Trinajstić information content (AvgIpc) is 2.61. The molecule has 0 saturated heterocycles. The number of hydrogen-bond acceptors (Lipinski definition) is 4. The second kappa shape index (κ2) is 9.16. The molecule has 30 heavy (non-hydrogen) atoms. The Morgan fingerprint density at radius 3 is 2.20 bits per heavy atom. The first-order chi connectivity index (χ1) is 13.8. The van der Waals surface area contributed by atoms with E-state index in [1.165, 1.54) is 18.2 Å². The van der Waals surface area contributed by atoms with Crippen LogP contribution in [-0.2, 0) is 14.8 Å². The highest BCUT2D eigenvalue weighted by atomic mass is 35.5. The molecule has 2 rings (SSSR count). The molecule has 7 nitrogen and oxygen atoms in total. The zero-order valence-corrected chi connectivity index (χ0v) is 19.2. The molecule has 2 aromatic carbocycles. The highest BCUT2D eigenvalue weighted by Gasteiger charge is 2.25. The molecule has 162 valence electrons. The molecule has 0 spiro atoms. The standard InChI is InChI=1S/C21H26ClN3O4S/c1-13-7-6-8-14(2)19(13)24-18(26)12-23-20(27)15-9-10-16(22)17(11-15)30(28,29)25-21(3,4)5/h6-11,25H,12H2,1-5H3,(H,23,27)(H,24,26). The number of nitrogens with one attached hydrogen (secondary N) is 3. The molecule has 0 atom stereocenters. The quantitative estimate of drug-likeness (QED) is 0.626. The van der Waals surface area contributed by atoms with E-state index in [0.717, 1.165) is 11.1 Å². The molecule has 0 aliphatic carbocycles. The van der Waals surface area contributed by atoms with Gasteiger partial charge in [-0.3, -0.25) is 9.59 Å². The van der Waals surface area contributed by atoms with Crippen LogP contribution in [-0.4, -0.2) is 32.3 Å². The van der Waals surface area contributed by atoms with Crippen LogP contribution in [0.25, 0.3) is 0 Å². The number of hydrogen-bond donors (Lipinski definition) is 3. The van der Waals surface area contributed by atoms with Crippen LogP contribution in [0, 0.1) is 13.8 Å². The predicted octanol–water partition coefficient (Wildman–Crippen LogP) is 3.40. The molecule has 2 aromatic rings. The van der Waals surface area contributed by atoms with E-state index in [0.29, 0.717) is 5.69 Å². The lowest BCUT2D eigenvalue weighted by molar-refractivity contribution is -0.115. The summed E-state index contributed by atoms with van der Waals surface area (Å²) in [6.45, 7) is 8.58. The summed E-state index contributed by atoms with van der Waals surface area (Å²) in [5.41, 5.74) is 1.88. The minimum absolute atomic E-state index is 0.00364. The minimum atomic E-state index is -3.93. The van der Waals surface area contributed by atoms with Gasteiger partial charge in [0, 0.05) is 16.8 Å². The molecule has 0 fully saturated rings. The number of carbonyl (C=O) groups is 2. The van der Waals surface area contributed by atoms with Gasteiger partial charge in [-0.15, -0.1) is 0 Å². The molecule has 0 heterocycles. The third-order valence-electron chi connectivity index (χ3n) is 4.08. The summed E-state index contributed by atoms with van der Waals surface area (Å²) in [4.78, 5) is 24.5. The molecule has 0 aliphatic heterocycles. The van der Waals surface area contributed by atoms with Crippen LogP contribution in [0.1, 0.15) is 42.3 Å². The Morgan fingerprint density at radius 2 is 1.63 bits per heavy atom. The zero-order chi connectivity index (χ0) is 22.7. The molecule has 0 saturated carbocycles. The summed E-state index contributed by atoms with van der Waals surface area (Å²) in [6.07, 6.45) is 0. The zero-order valence-electron chi connectivity index (χ0n) is 17.6. The van der Waals surface area contributed by atoms with Gasteiger partial charge in [0.1, 0.15) is 4.90 Å². The van der Waals surface area contributed by atoms with E-state index >= 15 is 0 Å². The molecular formula is C21H26ClN3O4S. The molecular weight excluding hydrogens is 426 g/mol. The molecule has 0 radical (unpaired) electrons. The first-order valence-electron chi connectivity index (χ1n) is 9.28. The average molecular weight is 452 g/mol. The van der Waals surface area contributed by atoms with Gasteiger partial charge in [-0.05, 0) is 63.9 Å². The summed E-state index contributed by atoms with van der Waals surface area (Å²) >= 11 is 6.05. The maximum atomic E-state index is 12.6. The summed E-state index contributed by atoms with van der Waals surface area (Å²) in [6, 6.07) is 9.57. The summed E-state index contributed by atoms with van der Waals surface area (Å²) in [7, 11) is -3.93. The smallest absolute Gasteiger partial charge is 0.251 e. The van der Waals surface area contributed by atoms with Crippen molar-refractivity contribution in [3.63, 3.8) is 0 Å². The highest BCUT2D eigenvalue weighted by molar-refractivity contribution is 7.89. The third kappa shape index (κ3) is 6.29. The number of benzene rings is 2. The van der Waals surface area contributed by atoms with E-state index in [9.17, 15) is 18.0 Å². The molecule has 0 unspecified atom stereocenters. The number of amides is 2. The highest BCUT2D eigenvalue weighted by Crippen LogP contribution is 2.24. The first kappa shape index (κ1) is 23.9. The lowest BCUT2D eigenvalue weighted by atomic mass is 10.1. The molecule has 0 bridgehead atoms. The Balaban J connectivity index is 2.12. The fraction of sp³-hybridized carbons (Fsp3) is 0.333. The molecule has 0 aromatic heterocycles. The van der Waals surface area contributed by atoms with Crippen molar-refractivity contribution in [2.45, 2.75) is 45.1 Å². The first-order valence-corrected chi connectivity index (χ1v) is 11.1. The van der Waals surface area contributed by atoms with Crippen molar-refractivity contribution < 1.29 is 18.0 Å². The fourth-order valence-electron chi connectivity index (χ4n) is 2.77. The maximum Gasteiger partial charge on any atom is 0.251 e. The number of carbonyl (C=O) groups excluding carboxylic acids is 2. The number of rotatable bonds is 6. The van der Waals surface area contributed by atoms with Crippen molar-refractivity contribution in [2.24, 2.45) is 0 Å². The van der Waals surface area contributed by atoms with Crippen molar-refractivity contribution in [3.8, 4) is 0 Å². The molecule has 2 amide bonds. The van der Waals surface area contributed by atoms with E-state index in [2.05, 4.69) is 15.4 Å². The van der Waals surface area contributed by atoms with E-state index in [1.807, 2.05) is 32.0 Å². The van der Waals surface area contributed by atoms with Crippen LogP contribution in [0.4, 0.5) is 5.69 Å². The van der Waals surface area contributed by atoms with Gasteiger partial charge in [0.15, 0.2) is 0 Å². The predicted molar refractivity (Wildman–Crippen MR) is 118 cm³/mol. The summed E-state index contributed by atoms with van der Waals surface area (Å²) < 4.78 is 27.7. The van der Waals surface area contributed by atoms with Crippen molar-refractivity contribution >= 4 is 39.1 Å². The van der Waals surface area contributed by atoms with Crippen LogP contribution >= 0.6 is 11.6 Å². The number of aryl methyl sites for hydroxylation is 2. The lowest BCUT2D eigenvalue weighted by Crippen LogP contribution is -2.40. The van der Waals surface area contributed by atoms with Gasteiger partial charge in [0.2, 0.25) is 15.9 Å². The van der Waals surface area contributed by atoms with Crippen LogP contribution in [0.15, 0.2) is 41.3 Å². The minimum Gasteiger partial charge on any atom is -0.343 e. The maximum absolute atomic E-state index is 12.6. The Labute approximate surface area is 182 Å². The van der Waals surface area contributed by atoms with Crippen LogP contribution in [0.5, 0.6) is 0 Å². The van der Waals surface area contributed by atoms with E-state index in [4.69, 9.17) is 11.6 Å². The molecule has 9 heteroatoms. The number of para-hydroxylation sites is 1. The van der Waals surface area contributed by atoms with Crippen LogP contribution < -0.4 is 15.4 Å². The van der Waals surface area contributed by atoms with Gasteiger partial charge in [0.05, 0.1) is 11.6 Å². The largest absolute Gasteiger partial charge is 0.343 e. The number of halogens is 1. The van der Waals surface area contributed by atoms with Gasteiger partial charge in [-0.1, -0.05) is 29.8 Å². The number of sulfonamides is 1. The Morgan fingerprint density at radius 1 is 1.03 bits per heavy atom. The topological polar surface area (TPSA) is 104 Å². The summed E-state index contributed by atoms with van der Waals surface area (Å²) in [5.74, 6) is -0.979. The fourth-order valence-corrected chi connectivity index (χ4v) is 4.71. The van der Waals surface area contributed by atoms with Crippen molar-refractivity contribution in [1.29, 1.82) is 0 Å². The van der Waals surface area contributed by atoms with Crippen LogP contribution in [0.3, 0.4) is 0 Å². The van der Waals surface area contributed by atoms with Gasteiger partial charge < -0.3 is 10.6 Å². The van der Waals surface area contributed by atoms with E-state index in [1.54, 1.807) is 20.8 Å². The second-order valence-corrected chi connectivity index (χ2v) is 10.1. The molecule has 0 aliphatic rings. The SMILES string of the molecule is Cc1cccc(C)c1NC(=O)CNC(=O)c1ccc(Cl)c(S(=O)(=O)NC(C)(C)C)c1. The van der Waals surface area contributed by atoms with Gasteiger partial charge in [-0.2, -0.15) is 0 Å². The monoisotopic (exact) mass is 451 g/mol. The van der Waals surface area contributed by atoms with E-state index in [-0.39, 0.29) is 22.0 Å². The lowest BCUT2D eigenvalue weighted by Gasteiger charge is -2.21. The van der Waals surface area contributed by atoms with Gasteiger partial charge in [-0.25, -0.2) is 13.1 Å². The Kier molecular flexibility index (Phi) is 7.28. The van der Waals surface area contributed by atoms with Gasteiger partial charge >= 0.3 is 0 Å². The number of anilines is 1. The normalized spacial score (nSPS) is 11.8. The Bertz CT molecular complexity index is 1060. The molecule has 3 N–H and O–H groups in total. The van der Waals surface area contributed by atoms with Crippen molar-refractivity contribution in [3.05, 3.63) is 58.1 Å². The van der Waals surface area contributed by atoms with Crippen LogP contribution in [0.2, 0.25) is 5.02 Å². The summed E-state index contributed by atoms with van der Waals surface area (Å²) in [5, 5.41) is 5.27. The van der Waals surface area contributed by atoms with Crippen molar-refractivity contribution in [1.82, 2.24) is 10.0 Å². The van der Waals surface area contributed by atoms with Gasteiger partial charge in [0.25, 0.3) is 5.91 Å². The Hall–Kier alpha value is -2.42.